The summed E-state index contributed by atoms with van der Waals surface area (Å²) in [4.78, 5) is 34.5. The average molecular weight is 424 g/mol. The van der Waals surface area contributed by atoms with Crippen molar-refractivity contribution in [2.75, 3.05) is 6.54 Å². The van der Waals surface area contributed by atoms with Crippen LogP contribution in [0.15, 0.2) is 39.3 Å². The highest BCUT2D eigenvalue weighted by molar-refractivity contribution is 5.88. The molecule has 0 atom stereocenters. The molecule has 0 radical (unpaired) electrons. The van der Waals surface area contributed by atoms with Crippen molar-refractivity contribution in [1.29, 1.82) is 0 Å². The third-order valence-corrected chi connectivity index (χ3v) is 5.61. The summed E-state index contributed by atoms with van der Waals surface area (Å²) >= 11 is 0. The number of carbonyl (C=O) groups excluding carboxylic acids is 1. The summed E-state index contributed by atoms with van der Waals surface area (Å²) in [6.45, 7) is 12.6. The number of carbonyl (C=O) groups is 1. The molecule has 7 nitrogen and oxygen atoms in total. The number of amides is 1. The van der Waals surface area contributed by atoms with Crippen LogP contribution in [0, 0.1) is 5.92 Å². The lowest BCUT2D eigenvalue weighted by Gasteiger charge is -2.19. The van der Waals surface area contributed by atoms with Gasteiger partial charge >= 0.3 is 0 Å². The highest BCUT2D eigenvalue weighted by Gasteiger charge is 2.54. The van der Waals surface area contributed by atoms with Crippen molar-refractivity contribution in [3.05, 3.63) is 51.2 Å². The highest BCUT2D eigenvalue weighted by Crippen LogP contribution is 2.42. The smallest absolute Gasteiger partial charge is 0.276 e. The van der Waals surface area contributed by atoms with E-state index < -0.39 is 5.54 Å². The van der Waals surface area contributed by atoms with E-state index in [0.717, 1.165) is 18.0 Å². The number of aliphatic imine (C=N–C) groups is 1. The standard InChI is InChI=1S/C20H25N5O2.C4H8/c1-5-6-11-21-14(4)23-19(27)20(9-10-20)25-18(26)15-8-7-12-22-17(15)16(24-25)13(2)3;1-4-2-3-4/h5-6,8,11,13H,4,7,9-10,12H2,1-3H3,(H,23,27);4H,2-3H2,1H3/b6-5-,21-11-;. The maximum absolute atomic E-state index is 13.0. The lowest BCUT2D eigenvalue weighted by molar-refractivity contribution is -0.125. The highest BCUT2D eigenvalue weighted by atomic mass is 16.2. The minimum atomic E-state index is -0.972. The Kier molecular flexibility index (Phi) is 7.03. The molecule has 166 valence electrons. The average Bonchev–Trinajstić information content (AvgIpc) is 3.66. The fourth-order valence-corrected chi connectivity index (χ4v) is 3.29. The molecule has 1 aromatic rings. The van der Waals surface area contributed by atoms with Crippen LogP contribution in [0.5, 0.6) is 0 Å². The van der Waals surface area contributed by atoms with E-state index in [4.69, 9.17) is 0 Å². The van der Waals surface area contributed by atoms with Crippen LogP contribution in [0.4, 0.5) is 0 Å². The molecule has 2 saturated carbocycles. The molecule has 1 N–H and O–H groups in total. The molecule has 1 amide bonds. The van der Waals surface area contributed by atoms with Crippen molar-refractivity contribution in [3.8, 4) is 0 Å². The van der Waals surface area contributed by atoms with Gasteiger partial charge in [-0.2, -0.15) is 5.10 Å². The zero-order chi connectivity index (χ0) is 22.6. The molecule has 0 bridgehead atoms. The van der Waals surface area contributed by atoms with Gasteiger partial charge in [-0.1, -0.05) is 52.3 Å². The van der Waals surface area contributed by atoms with E-state index in [2.05, 4.69) is 33.9 Å². The summed E-state index contributed by atoms with van der Waals surface area (Å²) < 4.78 is 1.36. The summed E-state index contributed by atoms with van der Waals surface area (Å²) in [6, 6.07) is 0. The number of fused-ring (bicyclic) bond motifs is 1. The van der Waals surface area contributed by atoms with E-state index in [0.29, 0.717) is 30.0 Å². The van der Waals surface area contributed by atoms with Crippen LogP contribution in [-0.4, -0.2) is 28.4 Å². The van der Waals surface area contributed by atoms with E-state index in [1.54, 1.807) is 12.3 Å². The summed E-state index contributed by atoms with van der Waals surface area (Å²) in [5, 5.41) is 8.51. The zero-order valence-electron chi connectivity index (χ0n) is 19.0. The SMILES string of the molecule is C=C(/N=C\C=C/C)NC(=O)C1(n2nc(C(C)C)c3c(c2=O)=CCCN=3)CC1.CC1CC1. The predicted octanol–water partition coefficient (Wildman–Crippen LogP) is 2.31. The summed E-state index contributed by atoms with van der Waals surface area (Å²) in [7, 11) is 0. The second kappa shape index (κ2) is 9.54. The first kappa shape index (κ1) is 22.8. The monoisotopic (exact) mass is 423 g/mol. The maximum Gasteiger partial charge on any atom is 0.276 e. The van der Waals surface area contributed by atoms with E-state index in [1.807, 2.05) is 32.9 Å². The Labute approximate surface area is 183 Å². The first-order valence-electron chi connectivity index (χ1n) is 11.1. The predicted molar refractivity (Wildman–Crippen MR) is 124 cm³/mol. The van der Waals surface area contributed by atoms with Gasteiger partial charge in [0.1, 0.15) is 11.4 Å². The second-order valence-corrected chi connectivity index (χ2v) is 8.81. The van der Waals surface area contributed by atoms with Gasteiger partial charge in [-0.3, -0.25) is 14.6 Å². The number of hydrogen-bond acceptors (Lipinski definition) is 5. The fraction of sp³-hybridized carbons (Fsp3) is 0.542. The van der Waals surface area contributed by atoms with Crippen LogP contribution in [-0.2, 0) is 10.3 Å². The number of nitrogens with one attached hydrogen (secondary N) is 1. The van der Waals surface area contributed by atoms with Gasteiger partial charge in [-0.25, -0.2) is 9.67 Å². The topological polar surface area (TPSA) is 88.7 Å². The minimum Gasteiger partial charge on any atom is -0.309 e. The van der Waals surface area contributed by atoms with E-state index >= 15 is 0 Å². The first-order valence-corrected chi connectivity index (χ1v) is 11.1. The van der Waals surface area contributed by atoms with Crippen molar-refractivity contribution < 1.29 is 4.79 Å². The quantitative estimate of drug-likeness (QED) is 0.712. The van der Waals surface area contributed by atoms with Gasteiger partial charge in [0.05, 0.1) is 16.3 Å². The van der Waals surface area contributed by atoms with Gasteiger partial charge in [0, 0.05) is 12.8 Å². The van der Waals surface area contributed by atoms with Crippen LogP contribution in [0.3, 0.4) is 0 Å². The Morgan fingerprint density at radius 3 is 2.61 bits per heavy atom. The molecule has 0 aromatic carbocycles. The van der Waals surface area contributed by atoms with Gasteiger partial charge in [0.25, 0.3) is 11.5 Å². The molecule has 0 saturated heterocycles. The lowest BCUT2D eigenvalue weighted by Crippen LogP contribution is -2.55. The van der Waals surface area contributed by atoms with E-state index in [1.165, 1.54) is 17.5 Å². The molecule has 2 fully saturated rings. The largest absolute Gasteiger partial charge is 0.309 e. The van der Waals surface area contributed by atoms with Crippen LogP contribution in [0.25, 0.3) is 6.08 Å². The van der Waals surface area contributed by atoms with Gasteiger partial charge < -0.3 is 5.32 Å². The molecule has 3 aliphatic rings. The maximum atomic E-state index is 13.0. The summed E-state index contributed by atoms with van der Waals surface area (Å²) in [5.41, 5.74) is -0.474. The van der Waals surface area contributed by atoms with E-state index in [9.17, 15) is 9.59 Å². The normalized spacial score (nSPS) is 18.6. The number of aromatic nitrogens is 2. The fourth-order valence-electron chi connectivity index (χ4n) is 3.29. The number of nitrogens with zero attached hydrogens (tertiary/aromatic N) is 4. The summed E-state index contributed by atoms with van der Waals surface area (Å²) in [5.74, 6) is 1.11. The molecule has 7 heteroatoms. The Balaban J connectivity index is 0.000000610. The molecule has 2 heterocycles. The lowest BCUT2D eigenvalue weighted by atomic mass is 10.1. The van der Waals surface area contributed by atoms with Crippen molar-refractivity contribution in [2.45, 2.75) is 71.3 Å². The van der Waals surface area contributed by atoms with Crippen LogP contribution < -0.4 is 21.5 Å². The Hall–Kier alpha value is -2.83. The molecule has 0 spiro atoms. The Bertz CT molecular complexity index is 1090. The van der Waals surface area contributed by atoms with Crippen molar-refractivity contribution in [2.24, 2.45) is 15.9 Å². The third-order valence-electron chi connectivity index (χ3n) is 5.61. The molecule has 0 unspecified atom stereocenters. The van der Waals surface area contributed by atoms with Crippen molar-refractivity contribution in [3.63, 3.8) is 0 Å². The molecule has 1 aliphatic heterocycles. The number of allylic oxidation sites excluding steroid dienone is 2. The van der Waals surface area contributed by atoms with Gasteiger partial charge in [0.15, 0.2) is 0 Å². The molecule has 4 rings (SSSR count). The van der Waals surface area contributed by atoms with Crippen LogP contribution >= 0.6 is 0 Å². The second-order valence-electron chi connectivity index (χ2n) is 8.81. The summed E-state index contributed by atoms with van der Waals surface area (Å²) in [6.07, 6.45) is 11.8. The van der Waals surface area contributed by atoms with Crippen LogP contribution in [0.2, 0.25) is 0 Å². The number of rotatable bonds is 6. The van der Waals surface area contributed by atoms with Crippen molar-refractivity contribution >= 4 is 18.2 Å². The molecule has 2 aliphatic carbocycles. The third kappa shape index (κ3) is 5.27. The minimum absolute atomic E-state index is 0.0973. The van der Waals surface area contributed by atoms with Gasteiger partial charge in [-0.05, 0) is 44.1 Å². The Morgan fingerprint density at radius 1 is 1.39 bits per heavy atom. The first-order chi connectivity index (χ1) is 14.8. The number of hydrogen-bond donors (Lipinski definition) is 1. The van der Waals surface area contributed by atoms with Crippen molar-refractivity contribution in [1.82, 2.24) is 15.1 Å². The Morgan fingerprint density at radius 2 is 2.06 bits per heavy atom. The van der Waals surface area contributed by atoms with Crippen LogP contribution in [0.1, 0.15) is 71.4 Å². The molecular formula is C24H33N5O2. The zero-order valence-corrected chi connectivity index (χ0v) is 19.0. The molecule has 1 aromatic heterocycles. The molecular weight excluding hydrogens is 390 g/mol. The van der Waals surface area contributed by atoms with Gasteiger partial charge in [0.2, 0.25) is 0 Å². The van der Waals surface area contributed by atoms with Gasteiger partial charge in [-0.15, -0.1) is 0 Å². The van der Waals surface area contributed by atoms with E-state index in [-0.39, 0.29) is 23.2 Å². The molecule has 31 heavy (non-hydrogen) atoms.